The van der Waals surface area contributed by atoms with Gasteiger partial charge in [0.15, 0.2) is 0 Å². The Kier molecular flexibility index (Phi) is 4.11. The highest BCUT2D eigenvalue weighted by Gasteiger charge is 1.79. The molecule has 0 aromatic heterocycles. The van der Waals surface area contributed by atoms with Gasteiger partial charge in [0.25, 0.3) is 6.47 Å². The summed E-state index contributed by atoms with van der Waals surface area (Å²) >= 11 is 0. The number of benzene rings is 1. The van der Waals surface area contributed by atoms with Gasteiger partial charge in [-0.25, -0.2) is 0 Å². The zero-order chi connectivity index (χ0) is 9.36. The van der Waals surface area contributed by atoms with E-state index in [9.17, 15) is 4.79 Å². The van der Waals surface area contributed by atoms with E-state index in [0.29, 0.717) is 6.47 Å². The summed E-state index contributed by atoms with van der Waals surface area (Å²) < 4.78 is 4.36. The van der Waals surface area contributed by atoms with Gasteiger partial charge in [0.1, 0.15) is 0 Å². The lowest BCUT2D eigenvalue weighted by Crippen LogP contribution is -1.70. The van der Waals surface area contributed by atoms with Crippen molar-refractivity contribution in [2.45, 2.75) is 0 Å². The van der Waals surface area contributed by atoms with E-state index in [1.807, 2.05) is 36.4 Å². The second kappa shape index (κ2) is 5.77. The molecule has 0 unspecified atom stereocenters. The lowest BCUT2D eigenvalue weighted by molar-refractivity contribution is -0.123. The van der Waals surface area contributed by atoms with Crippen molar-refractivity contribution in [3.05, 3.63) is 54.3 Å². The Morgan fingerprint density at radius 1 is 1.08 bits per heavy atom. The summed E-state index contributed by atoms with van der Waals surface area (Å²) in [5.41, 5.74) is 1.11. The SMILES string of the molecule is O=COC=CC=Cc1ccccc1. The molecule has 66 valence electrons. The van der Waals surface area contributed by atoms with Gasteiger partial charge in [0, 0.05) is 0 Å². The smallest absolute Gasteiger partial charge is 0.297 e. The predicted octanol–water partition coefficient (Wildman–Crippen LogP) is 2.39. The van der Waals surface area contributed by atoms with Gasteiger partial charge in [0.2, 0.25) is 0 Å². The van der Waals surface area contributed by atoms with Crippen molar-refractivity contribution in [3.8, 4) is 0 Å². The van der Waals surface area contributed by atoms with Crippen molar-refractivity contribution in [1.82, 2.24) is 0 Å². The van der Waals surface area contributed by atoms with Crippen LogP contribution in [-0.4, -0.2) is 6.47 Å². The fourth-order valence-corrected chi connectivity index (χ4v) is 0.854. The van der Waals surface area contributed by atoms with Crippen molar-refractivity contribution < 1.29 is 9.53 Å². The maximum absolute atomic E-state index is 9.74. The van der Waals surface area contributed by atoms with E-state index in [4.69, 9.17) is 0 Å². The van der Waals surface area contributed by atoms with Crippen LogP contribution in [0.5, 0.6) is 0 Å². The minimum Gasteiger partial charge on any atom is -0.437 e. The first-order chi connectivity index (χ1) is 6.43. The first kappa shape index (κ1) is 9.26. The Hall–Kier alpha value is -1.83. The van der Waals surface area contributed by atoms with Crippen LogP contribution in [0.1, 0.15) is 5.56 Å². The molecule has 0 amide bonds. The molecule has 0 spiro atoms. The third-order valence-electron chi connectivity index (χ3n) is 1.41. The molecule has 1 aromatic carbocycles. The van der Waals surface area contributed by atoms with Gasteiger partial charge in [-0.2, -0.15) is 0 Å². The van der Waals surface area contributed by atoms with E-state index >= 15 is 0 Å². The Labute approximate surface area is 77.2 Å². The molecule has 0 heterocycles. The molecule has 0 N–H and O–H groups in total. The normalized spacial score (nSPS) is 10.8. The molecule has 13 heavy (non-hydrogen) atoms. The van der Waals surface area contributed by atoms with Crippen LogP contribution in [0.3, 0.4) is 0 Å². The molecule has 0 fully saturated rings. The van der Waals surface area contributed by atoms with Gasteiger partial charge in [-0.05, 0) is 11.6 Å². The first-order valence-corrected chi connectivity index (χ1v) is 3.91. The van der Waals surface area contributed by atoms with E-state index in [-0.39, 0.29) is 0 Å². The van der Waals surface area contributed by atoms with Crippen molar-refractivity contribution in [2.24, 2.45) is 0 Å². The Balaban J connectivity index is 2.45. The molecule has 0 radical (unpaired) electrons. The van der Waals surface area contributed by atoms with Crippen LogP contribution in [0.2, 0.25) is 0 Å². The number of hydrogen-bond acceptors (Lipinski definition) is 2. The number of hydrogen-bond donors (Lipinski definition) is 0. The van der Waals surface area contributed by atoms with Crippen LogP contribution in [0.15, 0.2) is 48.7 Å². The zero-order valence-electron chi connectivity index (χ0n) is 7.09. The lowest BCUT2D eigenvalue weighted by atomic mass is 10.2. The van der Waals surface area contributed by atoms with E-state index < -0.39 is 0 Å². The molecule has 2 heteroatoms. The Bertz CT molecular complexity index is 299. The average molecular weight is 174 g/mol. The van der Waals surface area contributed by atoms with Crippen LogP contribution in [0, 0.1) is 0 Å². The minimum absolute atomic E-state index is 0.382. The van der Waals surface area contributed by atoms with Crippen LogP contribution in [0.4, 0.5) is 0 Å². The molecule has 0 bridgehead atoms. The third-order valence-corrected chi connectivity index (χ3v) is 1.41. The van der Waals surface area contributed by atoms with E-state index in [0.717, 1.165) is 5.56 Å². The fourth-order valence-electron chi connectivity index (χ4n) is 0.854. The lowest BCUT2D eigenvalue weighted by Gasteiger charge is -1.88. The first-order valence-electron chi connectivity index (χ1n) is 3.91. The number of carbonyl (C=O) groups excluding carboxylic acids is 1. The highest BCUT2D eigenvalue weighted by Crippen LogP contribution is 2.00. The molecule has 1 rings (SSSR count). The predicted molar refractivity (Wildman–Crippen MR) is 51.8 cm³/mol. The van der Waals surface area contributed by atoms with Crippen molar-refractivity contribution in [3.63, 3.8) is 0 Å². The maximum Gasteiger partial charge on any atom is 0.297 e. The summed E-state index contributed by atoms with van der Waals surface area (Å²) in [4.78, 5) is 9.74. The molecule has 0 aliphatic carbocycles. The average Bonchev–Trinajstić information content (AvgIpc) is 2.19. The monoisotopic (exact) mass is 174 g/mol. The summed E-state index contributed by atoms with van der Waals surface area (Å²) in [5, 5.41) is 0. The maximum atomic E-state index is 9.74. The number of allylic oxidation sites excluding steroid dienone is 2. The van der Waals surface area contributed by atoms with Gasteiger partial charge in [-0.15, -0.1) is 0 Å². The second-order valence-corrected chi connectivity index (χ2v) is 2.33. The minimum atomic E-state index is 0.382. The molecule has 0 atom stereocenters. The van der Waals surface area contributed by atoms with Crippen molar-refractivity contribution in [1.29, 1.82) is 0 Å². The molecule has 0 aliphatic rings. The van der Waals surface area contributed by atoms with Crippen molar-refractivity contribution >= 4 is 12.5 Å². The number of ether oxygens (including phenoxy) is 1. The van der Waals surface area contributed by atoms with Crippen LogP contribution >= 0.6 is 0 Å². The summed E-state index contributed by atoms with van der Waals surface area (Å²) in [7, 11) is 0. The van der Waals surface area contributed by atoms with Gasteiger partial charge in [0.05, 0.1) is 6.26 Å². The summed E-state index contributed by atoms with van der Waals surface area (Å²) in [6.45, 7) is 0.382. The Morgan fingerprint density at radius 2 is 1.85 bits per heavy atom. The molecule has 0 saturated carbocycles. The molecular formula is C11H10O2. The largest absolute Gasteiger partial charge is 0.437 e. The molecule has 0 aliphatic heterocycles. The van der Waals surface area contributed by atoms with Crippen LogP contribution < -0.4 is 0 Å². The molecule has 1 aromatic rings. The Morgan fingerprint density at radius 3 is 2.54 bits per heavy atom. The summed E-state index contributed by atoms with van der Waals surface area (Å²) in [6.07, 6.45) is 6.71. The zero-order valence-corrected chi connectivity index (χ0v) is 7.09. The summed E-state index contributed by atoms with van der Waals surface area (Å²) in [6, 6.07) is 9.87. The van der Waals surface area contributed by atoms with Gasteiger partial charge in [-0.3, -0.25) is 4.79 Å². The van der Waals surface area contributed by atoms with E-state index in [1.54, 1.807) is 12.2 Å². The highest BCUT2D eigenvalue weighted by molar-refractivity contribution is 5.50. The quantitative estimate of drug-likeness (QED) is 0.398. The third kappa shape index (κ3) is 3.91. The number of rotatable bonds is 4. The van der Waals surface area contributed by atoms with Gasteiger partial charge >= 0.3 is 0 Å². The molecule has 0 saturated heterocycles. The highest BCUT2D eigenvalue weighted by atomic mass is 16.5. The topological polar surface area (TPSA) is 26.3 Å². The standard InChI is InChI=1S/C11H10O2/c12-10-13-9-5-4-8-11-6-2-1-3-7-11/h1-10H. The van der Waals surface area contributed by atoms with E-state index in [1.165, 1.54) is 6.26 Å². The van der Waals surface area contributed by atoms with Gasteiger partial charge < -0.3 is 4.74 Å². The molecular weight excluding hydrogens is 164 g/mol. The van der Waals surface area contributed by atoms with Gasteiger partial charge in [-0.1, -0.05) is 42.5 Å². The molecule has 2 nitrogen and oxygen atoms in total. The van der Waals surface area contributed by atoms with Crippen molar-refractivity contribution in [2.75, 3.05) is 0 Å². The fraction of sp³-hybridized carbons (Fsp3) is 0. The van der Waals surface area contributed by atoms with Crippen LogP contribution in [0.25, 0.3) is 6.08 Å². The summed E-state index contributed by atoms with van der Waals surface area (Å²) in [5.74, 6) is 0. The van der Waals surface area contributed by atoms with Crippen LogP contribution in [-0.2, 0) is 9.53 Å². The van der Waals surface area contributed by atoms with E-state index in [2.05, 4.69) is 4.74 Å². The second-order valence-electron chi connectivity index (χ2n) is 2.33. The number of carbonyl (C=O) groups is 1.